The van der Waals surface area contributed by atoms with Crippen LogP contribution in [0, 0.1) is 5.92 Å². The Balaban J connectivity index is 2.17. The minimum Gasteiger partial charge on any atom is -0.426 e. The number of para-hydroxylation sites is 1. The number of carbonyl (C=O) groups is 1. The Morgan fingerprint density at radius 2 is 1.92 bits per heavy atom. The summed E-state index contributed by atoms with van der Waals surface area (Å²) >= 11 is 0. The molecule has 0 amide bonds. The van der Waals surface area contributed by atoms with Crippen LogP contribution in [0.25, 0.3) is 11.4 Å². The van der Waals surface area contributed by atoms with Crippen molar-refractivity contribution in [1.82, 2.24) is 9.97 Å². The molecule has 0 bridgehead atoms. The van der Waals surface area contributed by atoms with E-state index in [4.69, 9.17) is 4.74 Å². The van der Waals surface area contributed by atoms with E-state index in [1.54, 1.807) is 12.3 Å². The first kappa shape index (κ1) is 19.1. The molecule has 0 fully saturated rings. The van der Waals surface area contributed by atoms with Crippen molar-refractivity contribution in [2.45, 2.75) is 59.3 Å². The number of ether oxygens (including phenoxy) is 1. The number of nitrogens with zero attached hydrogens (tertiary/aromatic N) is 2. The average molecular weight is 340 g/mol. The third-order valence-corrected chi connectivity index (χ3v) is 4.35. The molecule has 0 radical (unpaired) electrons. The van der Waals surface area contributed by atoms with Crippen molar-refractivity contribution >= 4 is 5.97 Å². The molecule has 0 saturated heterocycles. The summed E-state index contributed by atoms with van der Waals surface area (Å²) in [5.41, 5.74) is 1.79. The molecule has 1 aromatic carbocycles. The lowest BCUT2D eigenvalue weighted by molar-refractivity contribution is -0.138. The van der Waals surface area contributed by atoms with Crippen LogP contribution in [0.1, 0.15) is 58.6 Å². The van der Waals surface area contributed by atoms with Crippen LogP contribution in [0.15, 0.2) is 36.5 Å². The van der Waals surface area contributed by atoms with E-state index in [9.17, 15) is 4.79 Å². The van der Waals surface area contributed by atoms with Gasteiger partial charge in [0.2, 0.25) is 0 Å². The lowest BCUT2D eigenvalue weighted by Crippen LogP contribution is -2.17. The first-order chi connectivity index (χ1) is 12.2. The molecule has 2 aromatic rings. The standard InChI is InChI=1S/C21H28N2O2/c1-4-6-7-8-11-17-14-15-22-20(23-17)18-12-9-10-13-19(18)25-21(24)16(3)5-2/h9-10,12-16H,4-8,11H2,1-3H3. The van der Waals surface area contributed by atoms with Crippen LogP contribution in [0.2, 0.25) is 0 Å². The van der Waals surface area contributed by atoms with Gasteiger partial charge in [-0.2, -0.15) is 0 Å². The van der Waals surface area contributed by atoms with Gasteiger partial charge >= 0.3 is 5.97 Å². The number of rotatable bonds is 9. The predicted octanol–water partition coefficient (Wildman–Crippen LogP) is 5.22. The predicted molar refractivity (Wildman–Crippen MR) is 100 cm³/mol. The maximum Gasteiger partial charge on any atom is 0.314 e. The zero-order chi connectivity index (χ0) is 18.1. The first-order valence-electron chi connectivity index (χ1n) is 9.28. The van der Waals surface area contributed by atoms with E-state index in [0.29, 0.717) is 11.6 Å². The monoisotopic (exact) mass is 340 g/mol. The van der Waals surface area contributed by atoms with Crippen LogP contribution < -0.4 is 4.74 Å². The molecule has 0 spiro atoms. The number of hydrogen-bond donors (Lipinski definition) is 0. The maximum absolute atomic E-state index is 12.1. The van der Waals surface area contributed by atoms with Crippen molar-refractivity contribution in [3.63, 3.8) is 0 Å². The van der Waals surface area contributed by atoms with Crippen LogP contribution in [-0.4, -0.2) is 15.9 Å². The summed E-state index contributed by atoms with van der Waals surface area (Å²) in [6.45, 7) is 6.06. The van der Waals surface area contributed by atoms with Gasteiger partial charge in [0.05, 0.1) is 11.5 Å². The highest BCUT2D eigenvalue weighted by Crippen LogP contribution is 2.28. The van der Waals surface area contributed by atoms with Crippen molar-refractivity contribution in [2.24, 2.45) is 5.92 Å². The summed E-state index contributed by atoms with van der Waals surface area (Å²) in [4.78, 5) is 21.2. The van der Waals surface area contributed by atoms with Gasteiger partial charge in [0, 0.05) is 11.9 Å². The Morgan fingerprint density at radius 3 is 2.68 bits per heavy atom. The van der Waals surface area contributed by atoms with Crippen LogP contribution in [-0.2, 0) is 11.2 Å². The molecule has 25 heavy (non-hydrogen) atoms. The van der Waals surface area contributed by atoms with Crippen molar-refractivity contribution < 1.29 is 9.53 Å². The molecule has 0 saturated carbocycles. The molecule has 1 heterocycles. The molecule has 0 aliphatic heterocycles. The van der Waals surface area contributed by atoms with Crippen LogP contribution in [0.3, 0.4) is 0 Å². The number of benzene rings is 1. The van der Waals surface area contributed by atoms with E-state index >= 15 is 0 Å². The molecular weight excluding hydrogens is 312 g/mol. The third kappa shape index (κ3) is 5.66. The Labute approximate surface area is 150 Å². The van der Waals surface area contributed by atoms with E-state index in [1.807, 2.05) is 38.1 Å². The molecule has 0 aliphatic carbocycles. The second-order valence-electron chi connectivity index (χ2n) is 6.41. The summed E-state index contributed by atoms with van der Waals surface area (Å²) in [5, 5.41) is 0. The number of hydrogen-bond acceptors (Lipinski definition) is 4. The normalized spacial score (nSPS) is 12.0. The van der Waals surface area contributed by atoms with Gasteiger partial charge in [0.15, 0.2) is 5.82 Å². The van der Waals surface area contributed by atoms with Crippen LogP contribution in [0.5, 0.6) is 5.75 Å². The molecular formula is C21H28N2O2. The Hall–Kier alpha value is -2.23. The summed E-state index contributed by atoms with van der Waals surface area (Å²) in [6.07, 6.45) is 8.32. The quantitative estimate of drug-likeness (QED) is 0.357. The minimum absolute atomic E-state index is 0.126. The van der Waals surface area contributed by atoms with Gasteiger partial charge in [-0.1, -0.05) is 52.2 Å². The lowest BCUT2D eigenvalue weighted by atomic mass is 10.1. The number of esters is 1. The summed E-state index contributed by atoms with van der Waals surface area (Å²) in [7, 11) is 0. The smallest absolute Gasteiger partial charge is 0.314 e. The molecule has 1 atom stereocenters. The van der Waals surface area contributed by atoms with Gasteiger partial charge < -0.3 is 4.74 Å². The Morgan fingerprint density at radius 1 is 1.12 bits per heavy atom. The minimum atomic E-state index is -0.217. The van der Waals surface area contributed by atoms with E-state index in [-0.39, 0.29) is 11.9 Å². The summed E-state index contributed by atoms with van der Waals surface area (Å²) in [5.74, 6) is 0.793. The van der Waals surface area contributed by atoms with Crippen LogP contribution >= 0.6 is 0 Å². The van der Waals surface area contributed by atoms with E-state index in [1.165, 1.54) is 19.3 Å². The highest BCUT2D eigenvalue weighted by atomic mass is 16.5. The van der Waals surface area contributed by atoms with E-state index in [2.05, 4.69) is 16.9 Å². The highest BCUT2D eigenvalue weighted by molar-refractivity contribution is 5.77. The third-order valence-electron chi connectivity index (χ3n) is 4.35. The molecule has 134 valence electrons. The Kier molecular flexibility index (Phi) is 7.58. The fourth-order valence-electron chi connectivity index (χ4n) is 2.51. The lowest BCUT2D eigenvalue weighted by Gasteiger charge is -2.12. The van der Waals surface area contributed by atoms with Gasteiger partial charge in [-0.3, -0.25) is 4.79 Å². The van der Waals surface area contributed by atoms with Crippen molar-refractivity contribution in [3.05, 3.63) is 42.2 Å². The van der Waals surface area contributed by atoms with E-state index < -0.39 is 0 Å². The molecule has 1 aromatic heterocycles. The molecule has 2 rings (SSSR count). The number of aryl methyl sites for hydroxylation is 1. The number of unbranched alkanes of at least 4 members (excludes halogenated alkanes) is 3. The molecule has 4 nitrogen and oxygen atoms in total. The molecule has 0 aliphatic rings. The topological polar surface area (TPSA) is 52.1 Å². The zero-order valence-electron chi connectivity index (χ0n) is 15.5. The summed E-state index contributed by atoms with van der Waals surface area (Å²) < 4.78 is 5.59. The Bertz CT molecular complexity index is 685. The van der Waals surface area contributed by atoms with Gasteiger partial charge in [-0.25, -0.2) is 9.97 Å². The van der Waals surface area contributed by atoms with Crippen LogP contribution in [0.4, 0.5) is 0 Å². The van der Waals surface area contributed by atoms with Gasteiger partial charge in [-0.15, -0.1) is 0 Å². The van der Waals surface area contributed by atoms with Crippen molar-refractivity contribution in [2.75, 3.05) is 0 Å². The fraction of sp³-hybridized carbons (Fsp3) is 0.476. The maximum atomic E-state index is 12.1. The van der Waals surface area contributed by atoms with Gasteiger partial charge in [-0.05, 0) is 37.5 Å². The highest BCUT2D eigenvalue weighted by Gasteiger charge is 2.16. The number of carbonyl (C=O) groups excluding carboxylic acids is 1. The second-order valence-corrected chi connectivity index (χ2v) is 6.41. The number of aromatic nitrogens is 2. The SMILES string of the molecule is CCCCCCc1ccnc(-c2ccccc2OC(=O)C(C)CC)n1. The van der Waals surface area contributed by atoms with E-state index in [0.717, 1.165) is 30.5 Å². The largest absolute Gasteiger partial charge is 0.426 e. The first-order valence-corrected chi connectivity index (χ1v) is 9.28. The van der Waals surface area contributed by atoms with Crippen molar-refractivity contribution in [1.29, 1.82) is 0 Å². The molecule has 1 unspecified atom stereocenters. The van der Waals surface area contributed by atoms with Crippen molar-refractivity contribution in [3.8, 4) is 17.1 Å². The zero-order valence-corrected chi connectivity index (χ0v) is 15.5. The van der Waals surface area contributed by atoms with Gasteiger partial charge in [0.25, 0.3) is 0 Å². The molecule has 4 heteroatoms. The second kappa shape index (κ2) is 9.92. The average Bonchev–Trinajstić information content (AvgIpc) is 2.65. The van der Waals surface area contributed by atoms with Gasteiger partial charge in [0.1, 0.15) is 5.75 Å². The fourth-order valence-corrected chi connectivity index (χ4v) is 2.51. The molecule has 0 N–H and O–H groups in total. The summed E-state index contributed by atoms with van der Waals surface area (Å²) in [6, 6.07) is 9.43.